The number of hydrogen-bond donors (Lipinski definition) is 0. The molecule has 9 heteroatoms. The molecule has 0 saturated carbocycles. The molecule has 5 rings (SSSR count). The third-order valence-corrected chi connectivity index (χ3v) is 7.49. The Bertz CT molecular complexity index is 1730. The highest BCUT2D eigenvalue weighted by molar-refractivity contribution is 7.07. The summed E-state index contributed by atoms with van der Waals surface area (Å²) in [7, 11) is 0. The molecule has 0 spiro atoms. The van der Waals surface area contributed by atoms with E-state index >= 15 is 0 Å². The van der Waals surface area contributed by atoms with Gasteiger partial charge in [0.25, 0.3) is 5.56 Å². The zero-order valence-electron chi connectivity index (χ0n) is 22.1. The maximum Gasteiger partial charge on any atom is 0.338 e. The number of esters is 1. The van der Waals surface area contributed by atoms with Gasteiger partial charge in [0.15, 0.2) is 4.80 Å². The van der Waals surface area contributed by atoms with Crippen molar-refractivity contribution in [3.05, 3.63) is 114 Å². The fraction of sp³-hybridized carbons (Fsp3) is 0.233. The van der Waals surface area contributed by atoms with Crippen LogP contribution in [0.15, 0.2) is 87.9 Å². The van der Waals surface area contributed by atoms with Gasteiger partial charge in [-0.15, -0.1) is 0 Å². The average molecular weight is 562 g/mol. The van der Waals surface area contributed by atoms with Gasteiger partial charge in [0, 0.05) is 22.6 Å². The molecule has 7 nitrogen and oxygen atoms in total. The summed E-state index contributed by atoms with van der Waals surface area (Å²) in [4.78, 5) is 32.4. The summed E-state index contributed by atoms with van der Waals surface area (Å²) in [6, 6.07) is 18.1. The molecule has 200 valence electrons. The summed E-state index contributed by atoms with van der Waals surface area (Å²) < 4.78 is 15.3. The Kier molecular flexibility index (Phi) is 7.59. The molecule has 0 fully saturated rings. The number of rotatable bonds is 7. The van der Waals surface area contributed by atoms with Gasteiger partial charge >= 0.3 is 5.97 Å². The van der Waals surface area contributed by atoms with Gasteiger partial charge < -0.3 is 14.0 Å². The average Bonchev–Trinajstić information content (AvgIpc) is 3.48. The summed E-state index contributed by atoms with van der Waals surface area (Å²) in [6.07, 6.45) is 3.46. The van der Waals surface area contributed by atoms with Crippen LogP contribution in [0.25, 0.3) is 11.8 Å². The minimum atomic E-state index is -0.687. The van der Waals surface area contributed by atoms with Crippen molar-refractivity contribution >= 4 is 35.0 Å². The van der Waals surface area contributed by atoms with Crippen molar-refractivity contribution < 1.29 is 14.3 Å². The molecule has 0 radical (unpaired) electrons. The zero-order chi connectivity index (χ0) is 27.7. The molecule has 1 atom stereocenters. The molecular weight excluding hydrogens is 534 g/mol. The molecule has 2 aromatic heterocycles. The van der Waals surface area contributed by atoms with Crippen LogP contribution >= 0.6 is 22.9 Å². The third-order valence-electron chi connectivity index (χ3n) is 6.26. The molecule has 39 heavy (non-hydrogen) atoms. The molecule has 3 heterocycles. The summed E-state index contributed by atoms with van der Waals surface area (Å²) in [5.74, 6) is 0.222. The summed E-state index contributed by atoms with van der Waals surface area (Å²) in [6.45, 7) is 7.83. The van der Waals surface area contributed by atoms with Crippen LogP contribution in [0, 0.1) is 0 Å². The van der Waals surface area contributed by atoms with Gasteiger partial charge in [-0.3, -0.25) is 9.36 Å². The molecule has 0 amide bonds. The molecule has 0 saturated heterocycles. The SMILES string of the molecule is CCOc1ccc([C@H]2C(C(=O)OC(C)C)=C(C)N=c3s/c(=C/c4cccn4-c4ccc(Cl)cc4)c(=O)n32)cc1. The molecule has 0 N–H and O–H groups in total. The Labute approximate surface area is 234 Å². The number of allylic oxidation sites excluding steroid dienone is 1. The van der Waals surface area contributed by atoms with Gasteiger partial charge in [0.1, 0.15) is 5.75 Å². The quantitative estimate of drug-likeness (QED) is 0.297. The molecular formula is C30H28ClN3O4S. The van der Waals surface area contributed by atoms with Crippen LogP contribution in [-0.2, 0) is 9.53 Å². The van der Waals surface area contributed by atoms with Crippen molar-refractivity contribution in [3.63, 3.8) is 0 Å². The van der Waals surface area contributed by atoms with E-state index in [-0.39, 0.29) is 11.7 Å². The molecule has 0 aliphatic carbocycles. The summed E-state index contributed by atoms with van der Waals surface area (Å²) >= 11 is 7.36. The van der Waals surface area contributed by atoms with Crippen LogP contribution in [0.3, 0.4) is 0 Å². The number of aromatic nitrogens is 2. The number of ether oxygens (including phenoxy) is 2. The number of nitrogens with zero attached hydrogens (tertiary/aromatic N) is 3. The minimum absolute atomic E-state index is 0.233. The lowest BCUT2D eigenvalue weighted by molar-refractivity contribution is -0.143. The topological polar surface area (TPSA) is 74.8 Å². The van der Waals surface area contributed by atoms with E-state index in [1.807, 2.05) is 84.4 Å². The lowest BCUT2D eigenvalue weighted by Crippen LogP contribution is -2.40. The number of halogens is 1. The first kappa shape index (κ1) is 26.7. The number of benzene rings is 2. The first-order valence-corrected chi connectivity index (χ1v) is 13.9. The van der Waals surface area contributed by atoms with E-state index in [4.69, 9.17) is 21.1 Å². The first-order valence-electron chi connectivity index (χ1n) is 12.7. The summed E-state index contributed by atoms with van der Waals surface area (Å²) in [5, 5.41) is 0.650. The highest BCUT2D eigenvalue weighted by Gasteiger charge is 2.33. The van der Waals surface area contributed by atoms with Crippen LogP contribution in [0.1, 0.15) is 45.0 Å². The number of fused-ring (bicyclic) bond motifs is 1. The molecule has 2 aromatic carbocycles. The van der Waals surface area contributed by atoms with Crippen molar-refractivity contribution in [2.24, 2.45) is 4.99 Å². The van der Waals surface area contributed by atoms with Crippen LogP contribution < -0.4 is 19.6 Å². The van der Waals surface area contributed by atoms with Crippen molar-refractivity contribution in [2.45, 2.75) is 39.8 Å². The second-order valence-corrected chi connectivity index (χ2v) is 10.8. The fourth-order valence-electron chi connectivity index (χ4n) is 4.57. The van der Waals surface area contributed by atoms with E-state index in [9.17, 15) is 9.59 Å². The van der Waals surface area contributed by atoms with E-state index in [1.54, 1.807) is 25.3 Å². The van der Waals surface area contributed by atoms with Crippen LogP contribution in [0.4, 0.5) is 0 Å². The molecule has 0 unspecified atom stereocenters. The van der Waals surface area contributed by atoms with E-state index < -0.39 is 12.0 Å². The zero-order valence-corrected chi connectivity index (χ0v) is 23.6. The maximum atomic E-state index is 13.9. The monoisotopic (exact) mass is 561 g/mol. The van der Waals surface area contributed by atoms with E-state index in [1.165, 1.54) is 11.3 Å². The van der Waals surface area contributed by atoms with Crippen LogP contribution in [-0.4, -0.2) is 27.8 Å². The minimum Gasteiger partial charge on any atom is -0.494 e. The number of hydrogen-bond acceptors (Lipinski definition) is 6. The van der Waals surface area contributed by atoms with Gasteiger partial charge in [-0.1, -0.05) is 35.1 Å². The molecule has 1 aliphatic heterocycles. The van der Waals surface area contributed by atoms with Gasteiger partial charge in [-0.05, 0) is 87.9 Å². The standard InChI is InChI=1S/C30H28ClN3O4S/c1-5-37-24-14-8-20(9-15-24)27-26(29(36)38-18(2)3)19(4)32-30-34(27)28(35)25(39-30)17-23-7-6-16-33(23)22-12-10-21(31)11-13-22/h6-18,27H,5H2,1-4H3/b25-17+/t27-/m0/s1. The largest absolute Gasteiger partial charge is 0.494 e. The van der Waals surface area contributed by atoms with Crippen LogP contribution in [0.5, 0.6) is 5.75 Å². The fourth-order valence-corrected chi connectivity index (χ4v) is 5.73. The Morgan fingerprint density at radius 1 is 1.13 bits per heavy atom. The van der Waals surface area contributed by atoms with Crippen molar-refractivity contribution in [2.75, 3.05) is 6.61 Å². The summed E-state index contributed by atoms with van der Waals surface area (Å²) in [5.41, 5.74) is 3.15. The highest BCUT2D eigenvalue weighted by atomic mass is 35.5. The molecule has 4 aromatic rings. The second kappa shape index (κ2) is 11.1. The lowest BCUT2D eigenvalue weighted by atomic mass is 9.96. The lowest BCUT2D eigenvalue weighted by Gasteiger charge is -2.25. The van der Waals surface area contributed by atoms with Crippen molar-refractivity contribution in [1.82, 2.24) is 9.13 Å². The highest BCUT2D eigenvalue weighted by Crippen LogP contribution is 2.32. The van der Waals surface area contributed by atoms with Crippen LogP contribution in [0.2, 0.25) is 5.02 Å². The van der Waals surface area contributed by atoms with Gasteiger partial charge in [-0.25, -0.2) is 9.79 Å². The number of thiazole rings is 1. The Hall–Kier alpha value is -3.88. The molecule has 0 bridgehead atoms. The maximum absolute atomic E-state index is 13.9. The Balaban J connectivity index is 1.66. The smallest absolute Gasteiger partial charge is 0.338 e. The van der Waals surface area contributed by atoms with E-state index in [0.717, 1.165) is 16.9 Å². The predicted octanol–water partition coefficient (Wildman–Crippen LogP) is 5.03. The number of carbonyl (C=O) groups excluding carboxylic acids is 1. The predicted molar refractivity (Wildman–Crippen MR) is 153 cm³/mol. The van der Waals surface area contributed by atoms with E-state index in [0.29, 0.717) is 38.0 Å². The van der Waals surface area contributed by atoms with Gasteiger partial charge in [0.05, 0.1) is 34.6 Å². The normalized spacial score (nSPS) is 15.3. The molecule has 1 aliphatic rings. The van der Waals surface area contributed by atoms with E-state index in [2.05, 4.69) is 4.99 Å². The third kappa shape index (κ3) is 5.35. The van der Waals surface area contributed by atoms with Gasteiger partial charge in [0.2, 0.25) is 0 Å². The Morgan fingerprint density at radius 2 is 1.85 bits per heavy atom. The first-order chi connectivity index (χ1) is 18.8. The number of carbonyl (C=O) groups is 1. The van der Waals surface area contributed by atoms with Gasteiger partial charge in [-0.2, -0.15) is 0 Å². The second-order valence-electron chi connectivity index (χ2n) is 9.32. The van der Waals surface area contributed by atoms with Crippen molar-refractivity contribution in [1.29, 1.82) is 0 Å². The van der Waals surface area contributed by atoms with Crippen molar-refractivity contribution in [3.8, 4) is 11.4 Å². The Morgan fingerprint density at radius 3 is 2.51 bits per heavy atom.